The predicted molar refractivity (Wildman–Crippen MR) is 97.8 cm³/mol. The van der Waals surface area contributed by atoms with Crippen LogP contribution in [0.5, 0.6) is 0 Å². The van der Waals surface area contributed by atoms with Gasteiger partial charge >= 0.3 is 0 Å². The van der Waals surface area contributed by atoms with Crippen molar-refractivity contribution in [3.63, 3.8) is 0 Å². The number of piperazine rings is 1. The van der Waals surface area contributed by atoms with Gasteiger partial charge in [0.15, 0.2) is 0 Å². The molecule has 122 valence electrons. The maximum Gasteiger partial charge on any atom is 0.253 e. The van der Waals surface area contributed by atoms with Crippen LogP contribution >= 0.6 is 15.9 Å². The Labute approximate surface area is 149 Å². The number of hydrogen-bond donors (Lipinski definition) is 1. The van der Waals surface area contributed by atoms with Crippen LogP contribution in [0.15, 0.2) is 46.9 Å². The van der Waals surface area contributed by atoms with E-state index in [-0.39, 0.29) is 5.91 Å². The Hall–Kier alpha value is -2.52. The van der Waals surface area contributed by atoms with Crippen LogP contribution in [0, 0.1) is 11.3 Å². The second kappa shape index (κ2) is 6.93. The minimum atomic E-state index is 0.0416. The monoisotopic (exact) mass is 384 g/mol. The lowest BCUT2D eigenvalue weighted by molar-refractivity contribution is 0.0747. The molecule has 0 unspecified atom stereocenters. The first-order chi connectivity index (χ1) is 11.6. The molecule has 2 aromatic carbocycles. The van der Waals surface area contributed by atoms with Gasteiger partial charge in [-0.25, -0.2) is 0 Å². The largest absolute Gasteiger partial charge is 0.399 e. The van der Waals surface area contributed by atoms with Crippen LogP contribution in [0.2, 0.25) is 0 Å². The first-order valence-corrected chi connectivity index (χ1v) is 8.47. The zero-order chi connectivity index (χ0) is 17.1. The van der Waals surface area contributed by atoms with Gasteiger partial charge in [-0.3, -0.25) is 4.79 Å². The third-order valence-corrected chi connectivity index (χ3v) is 4.67. The number of nitriles is 1. The molecular weight excluding hydrogens is 368 g/mol. The molecule has 5 nitrogen and oxygen atoms in total. The fourth-order valence-corrected chi connectivity index (χ4v) is 3.11. The van der Waals surface area contributed by atoms with Crippen LogP contribution in [-0.2, 0) is 0 Å². The molecular formula is C18H17BrN4O. The predicted octanol–water partition coefficient (Wildman–Crippen LogP) is 2.87. The number of nitrogens with zero attached hydrogens (tertiary/aromatic N) is 3. The van der Waals surface area contributed by atoms with E-state index >= 15 is 0 Å². The number of nitrogens with two attached hydrogens (primary N) is 1. The van der Waals surface area contributed by atoms with Crippen molar-refractivity contribution in [2.75, 3.05) is 36.8 Å². The lowest BCUT2D eigenvalue weighted by atomic mass is 10.1. The maximum atomic E-state index is 12.5. The number of nitrogen functional groups attached to an aromatic ring is 1. The van der Waals surface area contributed by atoms with Gasteiger partial charge in [0.1, 0.15) is 6.07 Å². The summed E-state index contributed by atoms with van der Waals surface area (Å²) in [5.41, 5.74) is 8.47. The Morgan fingerprint density at radius 2 is 1.75 bits per heavy atom. The average Bonchev–Trinajstić information content (AvgIpc) is 2.62. The molecule has 0 radical (unpaired) electrons. The van der Waals surface area contributed by atoms with E-state index in [1.54, 1.807) is 12.1 Å². The molecule has 2 N–H and O–H groups in total. The van der Waals surface area contributed by atoms with Crippen LogP contribution in [0.1, 0.15) is 15.9 Å². The molecule has 24 heavy (non-hydrogen) atoms. The van der Waals surface area contributed by atoms with Crippen molar-refractivity contribution in [1.29, 1.82) is 5.26 Å². The number of benzene rings is 2. The molecule has 0 aliphatic carbocycles. The van der Waals surface area contributed by atoms with Gasteiger partial charge in [-0.1, -0.05) is 15.9 Å². The molecule has 2 aromatic rings. The van der Waals surface area contributed by atoms with Crippen molar-refractivity contribution in [2.45, 2.75) is 0 Å². The number of hydrogen-bond acceptors (Lipinski definition) is 4. The van der Waals surface area contributed by atoms with Gasteiger partial charge in [-0.05, 0) is 42.5 Å². The van der Waals surface area contributed by atoms with E-state index in [9.17, 15) is 10.1 Å². The molecule has 0 saturated carbocycles. The molecule has 1 fully saturated rings. The molecule has 1 amide bonds. The second-order valence-electron chi connectivity index (χ2n) is 5.67. The maximum absolute atomic E-state index is 12.5. The Morgan fingerprint density at radius 1 is 1.08 bits per heavy atom. The molecule has 0 atom stereocenters. The molecule has 0 bridgehead atoms. The average molecular weight is 385 g/mol. The number of rotatable bonds is 2. The Balaban J connectivity index is 1.69. The van der Waals surface area contributed by atoms with Crippen molar-refractivity contribution in [3.8, 4) is 6.07 Å². The highest BCUT2D eigenvalue weighted by Crippen LogP contribution is 2.24. The smallest absolute Gasteiger partial charge is 0.253 e. The van der Waals surface area contributed by atoms with Crippen LogP contribution in [0.3, 0.4) is 0 Å². The second-order valence-corrected chi connectivity index (χ2v) is 6.59. The van der Waals surface area contributed by atoms with Crippen molar-refractivity contribution in [2.24, 2.45) is 0 Å². The summed E-state index contributed by atoms with van der Waals surface area (Å²) in [5, 5.41) is 9.28. The standard InChI is InChI=1S/C18H17BrN4O/c19-15-3-1-13(2-4-15)18(24)23-9-7-22(8-10-23)17-6-5-16(21)11-14(17)12-20/h1-6,11H,7-10,21H2. The topological polar surface area (TPSA) is 73.4 Å². The first kappa shape index (κ1) is 16.3. The van der Waals surface area contributed by atoms with Crippen molar-refractivity contribution < 1.29 is 4.79 Å². The fraction of sp³-hybridized carbons (Fsp3) is 0.222. The summed E-state index contributed by atoms with van der Waals surface area (Å²) in [6, 6.07) is 15.0. The molecule has 1 aliphatic rings. The van der Waals surface area contributed by atoms with Crippen LogP contribution in [0.25, 0.3) is 0 Å². The van der Waals surface area contributed by atoms with Gasteiger partial charge in [0.2, 0.25) is 0 Å². The summed E-state index contributed by atoms with van der Waals surface area (Å²) < 4.78 is 0.955. The van der Waals surface area contributed by atoms with Crippen LogP contribution in [-0.4, -0.2) is 37.0 Å². The van der Waals surface area contributed by atoms with Crippen molar-refractivity contribution in [1.82, 2.24) is 4.90 Å². The molecule has 0 aromatic heterocycles. The lowest BCUT2D eigenvalue weighted by Gasteiger charge is -2.36. The first-order valence-electron chi connectivity index (χ1n) is 7.68. The molecule has 6 heteroatoms. The summed E-state index contributed by atoms with van der Waals surface area (Å²) in [7, 11) is 0. The summed E-state index contributed by atoms with van der Waals surface area (Å²) in [5.74, 6) is 0.0416. The molecule has 3 rings (SSSR count). The van der Waals surface area contributed by atoms with E-state index < -0.39 is 0 Å². The lowest BCUT2D eigenvalue weighted by Crippen LogP contribution is -2.49. The minimum Gasteiger partial charge on any atom is -0.399 e. The zero-order valence-electron chi connectivity index (χ0n) is 13.1. The van der Waals surface area contributed by atoms with E-state index in [4.69, 9.17) is 5.73 Å². The Kier molecular flexibility index (Phi) is 4.72. The Morgan fingerprint density at radius 3 is 2.38 bits per heavy atom. The normalized spacial score (nSPS) is 14.3. The number of halogens is 1. The highest BCUT2D eigenvalue weighted by Gasteiger charge is 2.23. The number of amides is 1. The van der Waals surface area contributed by atoms with Gasteiger partial charge in [0.05, 0.1) is 11.3 Å². The van der Waals surface area contributed by atoms with Gasteiger partial charge in [0, 0.05) is 41.9 Å². The molecule has 0 spiro atoms. The van der Waals surface area contributed by atoms with E-state index in [0.29, 0.717) is 43.0 Å². The fourth-order valence-electron chi connectivity index (χ4n) is 2.84. The summed E-state index contributed by atoms with van der Waals surface area (Å²) in [6.45, 7) is 2.65. The summed E-state index contributed by atoms with van der Waals surface area (Å²) in [4.78, 5) is 16.5. The molecule has 1 heterocycles. The quantitative estimate of drug-likeness (QED) is 0.807. The van der Waals surface area contributed by atoms with Crippen LogP contribution < -0.4 is 10.6 Å². The summed E-state index contributed by atoms with van der Waals surface area (Å²) in [6.07, 6.45) is 0. The number of carbonyl (C=O) groups excluding carboxylic acids is 1. The summed E-state index contributed by atoms with van der Waals surface area (Å²) >= 11 is 3.38. The van der Waals surface area contributed by atoms with Crippen molar-refractivity contribution >= 4 is 33.2 Å². The van der Waals surface area contributed by atoms with E-state index in [1.807, 2.05) is 35.2 Å². The molecule has 1 saturated heterocycles. The molecule has 1 aliphatic heterocycles. The highest BCUT2D eigenvalue weighted by molar-refractivity contribution is 9.10. The van der Waals surface area contributed by atoms with Crippen molar-refractivity contribution in [3.05, 3.63) is 58.1 Å². The van der Waals surface area contributed by atoms with Gasteiger partial charge in [-0.2, -0.15) is 5.26 Å². The van der Waals surface area contributed by atoms with Crippen LogP contribution in [0.4, 0.5) is 11.4 Å². The number of carbonyl (C=O) groups is 1. The highest BCUT2D eigenvalue weighted by atomic mass is 79.9. The Bertz CT molecular complexity index is 790. The van der Waals surface area contributed by atoms with E-state index in [1.165, 1.54) is 0 Å². The zero-order valence-corrected chi connectivity index (χ0v) is 14.7. The van der Waals surface area contributed by atoms with Gasteiger partial charge in [-0.15, -0.1) is 0 Å². The SMILES string of the molecule is N#Cc1cc(N)ccc1N1CCN(C(=O)c2ccc(Br)cc2)CC1. The minimum absolute atomic E-state index is 0.0416. The number of anilines is 2. The third kappa shape index (κ3) is 3.36. The van der Waals surface area contributed by atoms with Gasteiger partial charge in [0.25, 0.3) is 5.91 Å². The van der Waals surface area contributed by atoms with E-state index in [0.717, 1.165) is 10.2 Å². The van der Waals surface area contributed by atoms with E-state index in [2.05, 4.69) is 26.9 Å². The third-order valence-electron chi connectivity index (χ3n) is 4.14. The van der Waals surface area contributed by atoms with Gasteiger partial charge < -0.3 is 15.5 Å².